The second-order valence-electron chi connectivity index (χ2n) is 5.43. The molecule has 122 valence electrons. The van der Waals surface area contributed by atoms with Crippen molar-refractivity contribution in [3.05, 3.63) is 35.5 Å². The summed E-state index contributed by atoms with van der Waals surface area (Å²) >= 11 is 0.108. The van der Waals surface area contributed by atoms with Crippen LogP contribution in [0.2, 0.25) is 0 Å². The molecule has 0 bridgehead atoms. The summed E-state index contributed by atoms with van der Waals surface area (Å²) in [5.41, 5.74) is 0.460. The van der Waals surface area contributed by atoms with Gasteiger partial charge in [-0.05, 0) is 47.9 Å². The number of fused-ring (bicyclic) bond motifs is 1. The Labute approximate surface area is 168 Å². The van der Waals surface area contributed by atoms with Crippen LogP contribution in [0.4, 0.5) is 0 Å². The number of carboxylic acid groups (broad SMARTS) is 1. The number of rotatable bonds is 4. The fourth-order valence-electron chi connectivity index (χ4n) is 2.77. The molecule has 2 heterocycles. The minimum Gasteiger partial charge on any atom is -0.612 e. The third kappa shape index (κ3) is 3.16. The fraction of sp³-hybridized carbons (Fsp3) is 0.333. The van der Waals surface area contributed by atoms with Crippen LogP contribution in [0.5, 0.6) is 0 Å². The molecule has 1 N–H and O–H groups in total. The van der Waals surface area contributed by atoms with Crippen molar-refractivity contribution in [1.29, 1.82) is 0 Å². The van der Waals surface area contributed by atoms with E-state index < -0.39 is 40.4 Å². The molecule has 9 heteroatoms. The van der Waals surface area contributed by atoms with E-state index in [2.05, 4.69) is 0 Å². The number of benzene rings is 1. The van der Waals surface area contributed by atoms with Crippen LogP contribution in [0.1, 0.15) is 12.5 Å². The van der Waals surface area contributed by atoms with E-state index in [-0.39, 0.29) is 35.3 Å². The minimum absolute atomic E-state index is 0. The molecule has 1 saturated heterocycles. The smallest absolute Gasteiger partial charge is 0.612 e. The van der Waals surface area contributed by atoms with Crippen molar-refractivity contribution >= 4 is 39.7 Å². The first-order valence-electron chi connectivity index (χ1n) is 6.90. The van der Waals surface area contributed by atoms with E-state index in [0.29, 0.717) is 15.4 Å². The minimum atomic E-state index is -1.42. The number of amides is 1. The predicted molar refractivity (Wildman–Crippen MR) is 84.1 cm³/mol. The summed E-state index contributed by atoms with van der Waals surface area (Å²) in [6.45, 7) is 1.52. The van der Waals surface area contributed by atoms with E-state index in [1.54, 1.807) is 30.5 Å². The Morgan fingerprint density at radius 3 is 2.42 bits per heavy atom. The van der Waals surface area contributed by atoms with Gasteiger partial charge in [-0.15, -0.1) is 0 Å². The molecule has 4 atom stereocenters. The van der Waals surface area contributed by atoms with Crippen LogP contribution >= 0.6 is 11.8 Å². The van der Waals surface area contributed by atoms with E-state index >= 15 is 0 Å². The maximum absolute atomic E-state index is 12.1. The first-order chi connectivity index (χ1) is 10.8. The van der Waals surface area contributed by atoms with Crippen molar-refractivity contribution in [3.8, 4) is 0 Å². The summed E-state index contributed by atoms with van der Waals surface area (Å²) in [6.07, 6.45) is 0.715. The zero-order valence-electron chi connectivity index (χ0n) is 13.4. The Morgan fingerprint density at radius 1 is 1.38 bits per heavy atom. The van der Waals surface area contributed by atoms with Crippen molar-refractivity contribution in [1.82, 2.24) is 4.90 Å². The second-order valence-corrected chi connectivity index (χ2v) is 7.93. The third-order valence-corrected chi connectivity index (χ3v) is 6.29. The van der Waals surface area contributed by atoms with Gasteiger partial charge in [-0.25, -0.2) is 0 Å². The van der Waals surface area contributed by atoms with E-state index in [0.717, 1.165) is 0 Å². The first-order valence-corrected chi connectivity index (χ1v) is 9.34. The van der Waals surface area contributed by atoms with Gasteiger partial charge >= 0.3 is 29.6 Å². The van der Waals surface area contributed by atoms with Crippen molar-refractivity contribution < 1.29 is 53.9 Å². The molecule has 3 rings (SSSR count). The first kappa shape index (κ1) is 19.8. The average Bonchev–Trinajstić information content (AvgIpc) is 2.82. The van der Waals surface area contributed by atoms with Crippen LogP contribution in [0.15, 0.2) is 34.9 Å². The number of aliphatic carboxylic acids is 1. The normalized spacial score (nSPS) is 24.8. The maximum Gasteiger partial charge on any atom is 1.00 e. The van der Waals surface area contributed by atoms with Gasteiger partial charge in [-0.2, -0.15) is 0 Å². The van der Waals surface area contributed by atoms with E-state index in [4.69, 9.17) is 0 Å². The van der Waals surface area contributed by atoms with Crippen LogP contribution in [-0.4, -0.2) is 44.2 Å². The number of nitrogens with zero attached hydrogens (tertiary/aromatic N) is 1. The molecule has 24 heavy (non-hydrogen) atoms. The number of β-lactam (4-membered cyclic amide) rings is 1. The van der Waals surface area contributed by atoms with Crippen LogP contribution in [0.3, 0.4) is 0 Å². The molecule has 1 aromatic carbocycles. The summed E-state index contributed by atoms with van der Waals surface area (Å²) in [4.78, 5) is 25.8. The maximum atomic E-state index is 12.1. The van der Waals surface area contributed by atoms with Crippen molar-refractivity contribution in [3.63, 3.8) is 0 Å². The molecule has 0 spiro atoms. The summed E-state index contributed by atoms with van der Waals surface area (Å²) in [7, 11) is 0. The van der Waals surface area contributed by atoms with Gasteiger partial charge in [0.25, 0.3) is 0 Å². The Kier molecular flexibility index (Phi) is 6.12. The van der Waals surface area contributed by atoms with Gasteiger partial charge in [0.1, 0.15) is 11.6 Å². The standard InChI is InChI=1S/C15H15NO5S2.Na/c1-7(17)10-13(18)16-11(15(19)20)12(22-14(10)16)8-3-5-9(6-4-8)23(2)21;/h3-7,10,14,17H,1-2H3,(H,19,20);/q;+1/p-1/t7?,10-,14+,23?;/m0./s1. The summed E-state index contributed by atoms with van der Waals surface area (Å²) < 4.78 is 11.4. The number of aliphatic hydroxyl groups is 1. The zero-order chi connectivity index (χ0) is 16.9. The zero-order valence-corrected chi connectivity index (χ0v) is 17.0. The van der Waals surface area contributed by atoms with Crippen LogP contribution in [-0.2, 0) is 20.8 Å². The predicted octanol–water partition coefficient (Wildman–Crippen LogP) is -3.24. The van der Waals surface area contributed by atoms with Crippen molar-refractivity contribution in [2.75, 3.05) is 6.26 Å². The topological polar surface area (TPSA) is 104 Å². The summed E-state index contributed by atoms with van der Waals surface area (Å²) in [6, 6.07) is 6.68. The molecular formula is C15H14NNaO5S2. The fourth-order valence-corrected chi connectivity index (χ4v) is 4.91. The van der Waals surface area contributed by atoms with Crippen molar-refractivity contribution in [2.45, 2.75) is 23.3 Å². The molecular weight excluding hydrogens is 361 g/mol. The molecule has 6 nitrogen and oxygen atoms in total. The Morgan fingerprint density at radius 2 is 1.96 bits per heavy atom. The SMILES string of the molecule is CC(O)[C@H]1C(=O)N2C(C(=O)[O-])=C(c3ccc([S+](C)[O-])cc3)S[C@H]12.[Na+]. The quantitative estimate of drug-likeness (QED) is 0.337. The third-order valence-electron chi connectivity index (χ3n) is 3.94. The van der Waals surface area contributed by atoms with Gasteiger partial charge in [0, 0.05) is 4.91 Å². The van der Waals surface area contributed by atoms with Crippen LogP contribution in [0, 0.1) is 5.92 Å². The van der Waals surface area contributed by atoms with Gasteiger partial charge < -0.3 is 19.6 Å². The summed E-state index contributed by atoms with van der Waals surface area (Å²) in [5, 5.41) is 20.8. The van der Waals surface area contributed by atoms with Crippen LogP contribution in [0.25, 0.3) is 4.91 Å². The molecule has 0 radical (unpaired) electrons. The molecule has 2 aliphatic heterocycles. The van der Waals surface area contributed by atoms with E-state index in [9.17, 15) is 24.4 Å². The molecule has 1 amide bonds. The van der Waals surface area contributed by atoms with Gasteiger partial charge in [0.15, 0.2) is 4.90 Å². The Hall–Kier alpha value is -0.480. The largest absolute Gasteiger partial charge is 1.00 e. The molecule has 1 fully saturated rings. The molecule has 1 aromatic rings. The molecule has 0 aliphatic carbocycles. The Balaban J connectivity index is 0.00000208. The van der Waals surface area contributed by atoms with Gasteiger partial charge in [-0.1, -0.05) is 11.8 Å². The molecule has 0 saturated carbocycles. The Bertz CT molecular complexity index is 704. The molecule has 2 aliphatic rings. The molecule has 0 aromatic heterocycles. The monoisotopic (exact) mass is 375 g/mol. The number of carbonyl (C=O) groups excluding carboxylic acids is 2. The van der Waals surface area contributed by atoms with Gasteiger partial charge in [0.2, 0.25) is 5.91 Å². The number of carbonyl (C=O) groups is 2. The molecule has 2 unspecified atom stereocenters. The van der Waals surface area contributed by atoms with Gasteiger partial charge in [0.05, 0.1) is 23.7 Å². The van der Waals surface area contributed by atoms with Crippen LogP contribution < -0.4 is 34.7 Å². The summed E-state index contributed by atoms with van der Waals surface area (Å²) in [5.74, 6) is -2.44. The number of hydrogen-bond acceptors (Lipinski definition) is 6. The average molecular weight is 375 g/mol. The van der Waals surface area contributed by atoms with Crippen molar-refractivity contribution in [2.24, 2.45) is 5.92 Å². The number of thioether (sulfide) groups is 1. The number of carboxylic acids is 1. The second kappa shape index (κ2) is 7.41. The van der Waals surface area contributed by atoms with E-state index in [1.807, 2.05) is 0 Å². The number of hydrogen-bond donors (Lipinski definition) is 1. The van der Waals surface area contributed by atoms with E-state index in [1.165, 1.54) is 23.6 Å². The number of aliphatic hydroxyl groups excluding tert-OH is 1. The van der Waals surface area contributed by atoms with Gasteiger partial charge in [-0.3, -0.25) is 9.69 Å².